The fraction of sp³-hybridized carbons (Fsp3) is 0.0833. The molecule has 0 heterocycles. The van der Waals surface area contributed by atoms with E-state index in [4.69, 9.17) is 0 Å². The van der Waals surface area contributed by atoms with Crippen molar-refractivity contribution < 1.29 is 23.1 Å². The monoisotopic (exact) mass is 421 g/mol. The van der Waals surface area contributed by atoms with E-state index in [-0.39, 0.29) is 5.56 Å². The molecule has 0 fully saturated rings. The van der Waals surface area contributed by atoms with E-state index in [1.54, 1.807) is 78.9 Å². The highest BCUT2D eigenvalue weighted by molar-refractivity contribution is 6.84. The molecule has 0 aliphatic heterocycles. The van der Waals surface area contributed by atoms with Gasteiger partial charge in [-0.3, -0.25) is 4.79 Å². The third-order valence-corrected chi connectivity index (χ3v) is 4.63. The third kappa shape index (κ3) is 5.31. The normalized spacial score (nSPS) is 12.8. The maximum absolute atomic E-state index is 14.2. The second kappa shape index (κ2) is 9.47. The molecule has 0 saturated carbocycles. The fourth-order valence-corrected chi connectivity index (χ4v) is 3.21. The molecule has 0 amide bonds. The van der Waals surface area contributed by atoms with Crippen LogP contribution < -0.4 is 10.9 Å². The molecule has 0 saturated heterocycles. The van der Waals surface area contributed by atoms with E-state index in [0.717, 1.165) is 6.92 Å². The van der Waals surface area contributed by atoms with Crippen molar-refractivity contribution in [3.63, 3.8) is 0 Å². The van der Waals surface area contributed by atoms with Crippen LogP contribution in [-0.4, -0.2) is 29.6 Å². The molecule has 0 atom stereocenters. The molecule has 0 aromatic heterocycles. The average Bonchev–Trinajstić information content (AvgIpc) is 2.77. The zero-order valence-corrected chi connectivity index (χ0v) is 16.7. The highest BCUT2D eigenvalue weighted by Crippen LogP contribution is 2.28. The molecule has 0 unspecified atom stereocenters. The summed E-state index contributed by atoms with van der Waals surface area (Å²) in [7, 11) is 0. The molecule has 1 N–H and O–H groups in total. The average molecular weight is 421 g/mol. The summed E-state index contributed by atoms with van der Waals surface area (Å²) in [5, 5.41) is 10.6. The Morgan fingerprint density at radius 3 is 1.61 bits per heavy atom. The molecule has 0 aliphatic rings. The van der Waals surface area contributed by atoms with E-state index in [2.05, 4.69) is 4.90 Å². The summed E-state index contributed by atoms with van der Waals surface area (Å²) in [6, 6.07) is 24.6. The van der Waals surface area contributed by atoms with Gasteiger partial charge in [-0.2, -0.15) is 13.2 Å². The van der Waals surface area contributed by atoms with Gasteiger partial charge in [0.05, 0.1) is 5.57 Å². The van der Waals surface area contributed by atoms with Crippen molar-refractivity contribution in [2.45, 2.75) is 13.1 Å². The molecule has 0 aliphatic carbocycles. The Kier molecular flexibility index (Phi) is 6.75. The molecule has 3 nitrogen and oxygen atoms in total. The van der Waals surface area contributed by atoms with Crippen LogP contribution in [-0.2, 0) is 4.79 Å². The van der Waals surface area contributed by atoms with Crippen LogP contribution in [0.15, 0.2) is 101 Å². The summed E-state index contributed by atoms with van der Waals surface area (Å²) in [5.74, 6) is -1.69. The minimum atomic E-state index is -4.97. The number of aliphatic hydroxyl groups excluding tert-OH is 1. The van der Waals surface area contributed by atoms with Gasteiger partial charge in [0.2, 0.25) is 0 Å². The summed E-state index contributed by atoms with van der Waals surface area (Å²) < 4.78 is 42.5. The van der Waals surface area contributed by atoms with Crippen LogP contribution in [0, 0.1) is 0 Å². The quantitative estimate of drug-likeness (QED) is 0.279. The van der Waals surface area contributed by atoms with Crippen molar-refractivity contribution in [3.05, 3.63) is 102 Å². The van der Waals surface area contributed by atoms with E-state index in [1.165, 1.54) is 12.1 Å². The minimum Gasteiger partial charge on any atom is -0.506 e. The Morgan fingerprint density at radius 2 is 1.23 bits per heavy atom. The van der Waals surface area contributed by atoms with E-state index >= 15 is 0 Å². The number of carbonyl (C=O) groups is 1. The van der Waals surface area contributed by atoms with Crippen molar-refractivity contribution >= 4 is 35.0 Å². The fourth-order valence-electron chi connectivity index (χ4n) is 3.21. The van der Waals surface area contributed by atoms with Gasteiger partial charge in [0.25, 0.3) is 0 Å². The standard InChI is InChI=1S/C24H19BF3NO2/c1-17(30)21(22(31)18-11-5-2-6-12-18)23(24(26,27)28)29-25(19-13-7-3-8-14-19)20-15-9-4-10-16-20/h2-16,31H,1H3/b22-21-,29-23-. The lowest BCUT2D eigenvalue weighted by Crippen LogP contribution is -2.43. The predicted octanol–water partition coefficient (Wildman–Crippen LogP) is 4.35. The molecule has 0 bridgehead atoms. The van der Waals surface area contributed by atoms with Crippen molar-refractivity contribution in [1.29, 1.82) is 0 Å². The molecular formula is C24H19BF3NO2. The summed E-state index contributed by atoms with van der Waals surface area (Å²) in [6.45, 7) is -0.0348. The SMILES string of the molecule is CC(=O)C(/C(=N/B(c1ccccc1)c1ccccc1)C(F)(F)F)=C(/O)c1ccccc1. The summed E-state index contributed by atoms with van der Waals surface area (Å²) >= 11 is 0. The summed E-state index contributed by atoms with van der Waals surface area (Å²) in [4.78, 5) is 16.3. The van der Waals surface area contributed by atoms with E-state index < -0.39 is 35.9 Å². The number of alkyl halides is 3. The van der Waals surface area contributed by atoms with Crippen LogP contribution in [0.1, 0.15) is 12.5 Å². The molecule has 0 radical (unpaired) electrons. The molecule has 0 spiro atoms. The van der Waals surface area contributed by atoms with Crippen LogP contribution in [0.25, 0.3) is 5.76 Å². The Bertz CT molecular complexity index is 1060. The first kappa shape index (κ1) is 22.1. The number of hydrogen-bond donors (Lipinski definition) is 1. The predicted molar refractivity (Wildman–Crippen MR) is 118 cm³/mol. The Hall–Kier alpha value is -3.61. The second-order valence-corrected chi connectivity index (χ2v) is 6.85. The Labute approximate surface area is 178 Å². The largest absolute Gasteiger partial charge is 0.506 e. The van der Waals surface area contributed by atoms with Gasteiger partial charge in [-0.15, -0.1) is 0 Å². The van der Waals surface area contributed by atoms with E-state index in [0.29, 0.717) is 10.9 Å². The molecule has 3 rings (SSSR count). The number of Topliss-reactive ketones (excluding diaryl/α,β-unsaturated/α-hetero) is 1. The van der Waals surface area contributed by atoms with Gasteiger partial charge in [-0.1, -0.05) is 91.0 Å². The van der Waals surface area contributed by atoms with Gasteiger partial charge in [-0.25, -0.2) is 0 Å². The highest BCUT2D eigenvalue weighted by atomic mass is 19.4. The lowest BCUT2D eigenvalue weighted by Gasteiger charge is -2.18. The van der Waals surface area contributed by atoms with Gasteiger partial charge >= 0.3 is 13.0 Å². The molecule has 7 heteroatoms. The number of carbonyl (C=O) groups excluding carboxylic acids is 1. The van der Waals surface area contributed by atoms with Crippen LogP contribution in [0.4, 0.5) is 13.2 Å². The lowest BCUT2D eigenvalue weighted by atomic mass is 9.51. The number of benzene rings is 3. The maximum atomic E-state index is 14.2. The number of aliphatic hydroxyl groups is 1. The summed E-state index contributed by atoms with van der Waals surface area (Å²) in [6.07, 6.45) is -4.97. The number of hydrogen-bond acceptors (Lipinski definition) is 3. The van der Waals surface area contributed by atoms with Gasteiger partial charge in [0.15, 0.2) is 5.78 Å². The van der Waals surface area contributed by atoms with Gasteiger partial charge in [-0.05, 0) is 17.8 Å². The smallest absolute Gasteiger partial charge is 0.432 e. The molecule has 3 aromatic rings. The number of rotatable bonds is 6. The maximum Gasteiger partial charge on any atom is 0.432 e. The van der Waals surface area contributed by atoms with Gasteiger partial charge in [0.1, 0.15) is 11.5 Å². The molecule has 31 heavy (non-hydrogen) atoms. The lowest BCUT2D eigenvalue weighted by molar-refractivity contribution is -0.113. The van der Waals surface area contributed by atoms with Crippen LogP contribution in [0.5, 0.6) is 0 Å². The molecule has 156 valence electrons. The number of nitrogens with zero attached hydrogens (tertiary/aromatic N) is 1. The van der Waals surface area contributed by atoms with Crippen LogP contribution in [0.2, 0.25) is 0 Å². The highest BCUT2D eigenvalue weighted by Gasteiger charge is 2.42. The van der Waals surface area contributed by atoms with E-state index in [9.17, 15) is 23.1 Å². The summed E-state index contributed by atoms with van der Waals surface area (Å²) in [5.41, 5.74) is -1.13. The van der Waals surface area contributed by atoms with Crippen molar-refractivity contribution in [2.24, 2.45) is 4.90 Å². The van der Waals surface area contributed by atoms with Crippen molar-refractivity contribution in [1.82, 2.24) is 0 Å². The van der Waals surface area contributed by atoms with E-state index in [1.807, 2.05) is 0 Å². The number of halogens is 3. The molecular weight excluding hydrogens is 402 g/mol. The van der Waals surface area contributed by atoms with Crippen LogP contribution in [0.3, 0.4) is 0 Å². The number of allylic oxidation sites excluding steroid dienone is 1. The third-order valence-electron chi connectivity index (χ3n) is 4.63. The second-order valence-electron chi connectivity index (χ2n) is 6.85. The van der Waals surface area contributed by atoms with Gasteiger partial charge < -0.3 is 10.0 Å². The zero-order valence-electron chi connectivity index (χ0n) is 16.7. The topological polar surface area (TPSA) is 49.7 Å². The first-order valence-electron chi connectivity index (χ1n) is 9.54. The van der Waals surface area contributed by atoms with Crippen molar-refractivity contribution in [2.75, 3.05) is 0 Å². The number of ketones is 1. The minimum absolute atomic E-state index is 0.0978. The Balaban J connectivity index is 2.28. The first-order valence-corrected chi connectivity index (χ1v) is 9.54. The zero-order chi connectivity index (χ0) is 22.4. The van der Waals surface area contributed by atoms with Gasteiger partial charge in [0, 0.05) is 5.56 Å². The Morgan fingerprint density at radius 1 is 0.806 bits per heavy atom. The van der Waals surface area contributed by atoms with Crippen molar-refractivity contribution in [3.8, 4) is 0 Å². The van der Waals surface area contributed by atoms with Crippen LogP contribution >= 0.6 is 0 Å². The molecule has 3 aromatic carbocycles. The first-order chi connectivity index (χ1) is 14.8.